The molecule has 0 aromatic heterocycles. The third kappa shape index (κ3) is 6.52. The number of ether oxygens (including phenoxy) is 6. The largest absolute Gasteiger partial charge is 0.508 e. The SMILES string of the molecule is COC(=O)O[C@@H]1CC2=CC=C3[C@@H]4CC[C@H]([C@H](C)[C@@H](C)CC(=O)C(C)(C)OC5CCCCO5)[C@@]4(C)CC[C@@H]3[C@@]2(C)[C@@H](OC(=O)OC)C1. The predicted molar refractivity (Wildman–Crippen MR) is 172 cm³/mol. The third-order valence-electron chi connectivity index (χ3n) is 12.8. The summed E-state index contributed by atoms with van der Waals surface area (Å²) in [7, 11) is 2.61. The van der Waals surface area contributed by atoms with Crippen LogP contribution in [0.1, 0.15) is 106 Å². The van der Waals surface area contributed by atoms with Crippen LogP contribution in [0.3, 0.4) is 0 Å². The number of Topliss-reactive ketones (excluding diaryl/α,β-unsaturated/α-hetero) is 1. The molecule has 4 fully saturated rings. The molecule has 0 bridgehead atoms. The Morgan fingerprint density at radius 3 is 2.35 bits per heavy atom. The molecule has 4 aliphatic carbocycles. The summed E-state index contributed by atoms with van der Waals surface area (Å²) in [6.45, 7) is 13.7. The normalized spacial score (nSPS) is 36.9. The van der Waals surface area contributed by atoms with E-state index in [2.05, 4.69) is 39.8 Å². The zero-order valence-electron chi connectivity index (χ0n) is 29.2. The van der Waals surface area contributed by atoms with Gasteiger partial charge in [-0.05, 0) is 93.8 Å². The smallest absolute Gasteiger partial charge is 0.438 e. The van der Waals surface area contributed by atoms with Gasteiger partial charge in [0.05, 0.1) is 14.2 Å². The summed E-state index contributed by atoms with van der Waals surface area (Å²) < 4.78 is 33.1. The first kappa shape index (κ1) is 34.9. The number of carbonyl (C=O) groups excluding carboxylic acids is 3. The maximum Gasteiger partial charge on any atom is 0.508 e. The second kappa shape index (κ2) is 13.6. The zero-order valence-corrected chi connectivity index (χ0v) is 29.2. The second-order valence-electron chi connectivity index (χ2n) is 15.6. The lowest BCUT2D eigenvalue weighted by Crippen LogP contribution is -2.54. The number of ketones is 1. The molecule has 5 aliphatic rings. The maximum atomic E-state index is 13.5. The van der Waals surface area contributed by atoms with E-state index in [0.717, 1.165) is 50.5 Å². The van der Waals surface area contributed by atoms with Gasteiger partial charge in [-0.15, -0.1) is 0 Å². The molecular weight excluding hydrogens is 588 g/mol. The van der Waals surface area contributed by atoms with Crippen LogP contribution in [0.4, 0.5) is 9.59 Å². The summed E-state index contributed by atoms with van der Waals surface area (Å²) in [5, 5.41) is 0. The molecule has 0 aromatic carbocycles. The van der Waals surface area contributed by atoms with Crippen molar-refractivity contribution in [1.82, 2.24) is 0 Å². The molecule has 10 atom stereocenters. The van der Waals surface area contributed by atoms with Gasteiger partial charge in [-0.3, -0.25) is 4.79 Å². The van der Waals surface area contributed by atoms with E-state index < -0.39 is 35.5 Å². The lowest BCUT2D eigenvalue weighted by Gasteiger charge is -2.57. The Morgan fingerprint density at radius 1 is 0.957 bits per heavy atom. The highest BCUT2D eigenvalue weighted by Gasteiger charge is 2.60. The molecule has 0 aromatic rings. The van der Waals surface area contributed by atoms with E-state index in [9.17, 15) is 14.4 Å². The van der Waals surface area contributed by atoms with Gasteiger partial charge in [0, 0.05) is 31.3 Å². The first-order valence-electron chi connectivity index (χ1n) is 17.5. The van der Waals surface area contributed by atoms with Crippen LogP contribution in [0.5, 0.6) is 0 Å². The maximum absolute atomic E-state index is 13.5. The average molecular weight is 645 g/mol. The van der Waals surface area contributed by atoms with Crippen LogP contribution >= 0.6 is 0 Å². The van der Waals surface area contributed by atoms with Crippen molar-refractivity contribution >= 4 is 18.1 Å². The molecule has 1 unspecified atom stereocenters. The van der Waals surface area contributed by atoms with E-state index in [0.29, 0.717) is 43.6 Å². The molecule has 9 heteroatoms. The number of hydrogen-bond donors (Lipinski definition) is 0. The van der Waals surface area contributed by atoms with Gasteiger partial charge in [0.25, 0.3) is 0 Å². The Kier molecular flexibility index (Phi) is 10.3. The highest BCUT2D eigenvalue weighted by Crippen LogP contribution is 2.66. The molecule has 3 saturated carbocycles. The topological polar surface area (TPSA) is 107 Å². The van der Waals surface area contributed by atoms with E-state index >= 15 is 0 Å². The molecule has 258 valence electrons. The first-order chi connectivity index (χ1) is 21.7. The number of carbonyl (C=O) groups is 3. The van der Waals surface area contributed by atoms with Gasteiger partial charge in [0.2, 0.25) is 0 Å². The quantitative estimate of drug-likeness (QED) is 0.231. The van der Waals surface area contributed by atoms with Crippen LogP contribution in [0.2, 0.25) is 0 Å². The molecule has 1 aliphatic heterocycles. The molecule has 1 saturated heterocycles. The Bertz CT molecular complexity index is 1220. The van der Waals surface area contributed by atoms with Crippen molar-refractivity contribution in [3.8, 4) is 0 Å². The molecule has 0 radical (unpaired) electrons. The second-order valence-corrected chi connectivity index (χ2v) is 15.6. The summed E-state index contributed by atoms with van der Waals surface area (Å²) in [6, 6.07) is 0. The number of allylic oxidation sites excluding steroid dienone is 3. The van der Waals surface area contributed by atoms with Gasteiger partial charge in [-0.1, -0.05) is 51.0 Å². The predicted octanol–water partition coefficient (Wildman–Crippen LogP) is 7.95. The van der Waals surface area contributed by atoms with E-state index in [1.165, 1.54) is 19.8 Å². The Hall–Kier alpha value is -2.39. The number of hydrogen-bond acceptors (Lipinski definition) is 9. The number of rotatable bonds is 9. The van der Waals surface area contributed by atoms with Gasteiger partial charge in [0.15, 0.2) is 12.1 Å². The van der Waals surface area contributed by atoms with Gasteiger partial charge < -0.3 is 28.4 Å². The lowest BCUT2D eigenvalue weighted by molar-refractivity contribution is -0.214. The molecule has 1 heterocycles. The molecular formula is C37H56O9. The molecule has 0 spiro atoms. The first-order valence-corrected chi connectivity index (χ1v) is 17.5. The number of methoxy groups -OCH3 is 2. The zero-order chi connectivity index (χ0) is 33.4. The van der Waals surface area contributed by atoms with Crippen molar-refractivity contribution in [1.29, 1.82) is 0 Å². The van der Waals surface area contributed by atoms with Crippen molar-refractivity contribution in [2.24, 2.45) is 40.4 Å². The van der Waals surface area contributed by atoms with Crippen molar-refractivity contribution in [2.75, 3.05) is 20.8 Å². The Labute approximate surface area is 275 Å². The van der Waals surface area contributed by atoms with Crippen LogP contribution in [-0.2, 0) is 33.2 Å². The van der Waals surface area contributed by atoms with Crippen molar-refractivity contribution < 1.29 is 42.8 Å². The summed E-state index contributed by atoms with van der Waals surface area (Å²) in [4.78, 5) is 38.0. The summed E-state index contributed by atoms with van der Waals surface area (Å²) >= 11 is 0. The fourth-order valence-corrected chi connectivity index (χ4v) is 9.84. The highest BCUT2D eigenvalue weighted by molar-refractivity contribution is 5.86. The van der Waals surface area contributed by atoms with Gasteiger partial charge in [-0.2, -0.15) is 0 Å². The minimum Gasteiger partial charge on any atom is -0.438 e. The van der Waals surface area contributed by atoms with Crippen molar-refractivity contribution in [3.63, 3.8) is 0 Å². The van der Waals surface area contributed by atoms with E-state index in [1.54, 1.807) is 0 Å². The van der Waals surface area contributed by atoms with Gasteiger partial charge >= 0.3 is 12.3 Å². The highest BCUT2D eigenvalue weighted by atomic mass is 16.7. The minimum absolute atomic E-state index is 0.118. The van der Waals surface area contributed by atoms with Crippen LogP contribution in [0, 0.1) is 40.4 Å². The lowest BCUT2D eigenvalue weighted by atomic mass is 9.49. The van der Waals surface area contributed by atoms with E-state index in [4.69, 9.17) is 28.4 Å². The molecule has 0 N–H and O–H groups in total. The summed E-state index contributed by atoms with van der Waals surface area (Å²) in [5.74, 6) is 1.89. The van der Waals surface area contributed by atoms with Crippen molar-refractivity contribution in [2.45, 2.75) is 130 Å². The monoisotopic (exact) mass is 644 g/mol. The fourth-order valence-electron chi connectivity index (χ4n) is 9.84. The summed E-state index contributed by atoms with van der Waals surface area (Å²) in [6.07, 6.45) is 10.5. The fraction of sp³-hybridized carbons (Fsp3) is 0.811. The molecule has 9 nitrogen and oxygen atoms in total. The van der Waals surface area contributed by atoms with Crippen molar-refractivity contribution in [3.05, 3.63) is 23.3 Å². The van der Waals surface area contributed by atoms with Crippen LogP contribution in [0.15, 0.2) is 23.3 Å². The van der Waals surface area contributed by atoms with Crippen LogP contribution < -0.4 is 0 Å². The standard InChI is InChI=1S/C37H56O9/c1-22(19-30(38)35(3,4)46-32-11-9-10-18-43-32)23(2)27-14-15-28-26-13-12-24-20-25(44-33(39)41-7)21-31(45-34(40)42-8)37(24,6)29(26)16-17-36(27,28)5/h12-13,22-23,25,27-29,31-32H,9-11,14-21H2,1-8H3/t22-,23+,25+,27+,28-,29-,31-,32?,36+,37-/m0/s1. The van der Waals surface area contributed by atoms with E-state index in [-0.39, 0.29) is 29.3 Å². The van der Waals surface area contributed by atoms with Crippen LogP contribution in [-0.4, -0.2) is 63.0 Å². The molecule has 0 amide bonds. The number of fused-ring (bicyclic) bond motifs is 5. The van der Waals surface area contributed by atoms with E-state index in [1.807, 2.05) is 13.8 Å². The third-order valence-corrected chi connectivity index (χ3v) is 12.8. The Balaban J connectivity index is 1.32. The van der Waals surface area contributed by atoms with Gasteiger partial charge in [0.1, 0.15) is 17.8 Å². The summed E-state index contributed by atoms with van der Waals surface area (Å²) in [5.41, 5.74) is 1.41. The average Bonchev–Trinajstić information content (AvgIpc) is 3.38. The minimum atomic E-state index is -0.869. The van der Waals surface area contributed by atoms with Gasteiger partial charge in [-0.25, -0.2) is 9.59 Å². The molecule has 46 heavy (non-hydrogen) atoms. The molecule has 5 rings (SSSR count). The van der Waals surface area contributed by atoms with Crippen LogP contribution in [0.25, 0.3) is 0 Å². The Morgan fingerprint density at radius 2 is 1.67 bits per heavy atom.